The topological polar surface area (TPSA) is 36.9 Å². The normalized spacial score (nSPS) is 15.2. The molecule has 2 aromatic carbocycles. The summed E-state index contributed by atoms with van der Waals surface area (Å²) in [7, 11) is 0. The summed E-state index contributed by atoms with van der Waals surface area (Å²) in [5.41, 5.74) is 1.16. The molecule has 0 saturated carbocycles. The predicted molar refractivity (Wildman–Crippen MR) is 92.5 cm³/mol. The number of ether oxygens (including phenoxy) is 4. The van der Waals surface area contributed by atoms with Crippen molar-refractivity contribution in [3.05, 3.63) is 60.2 Å². The van der Waals surface area contributed by atoms with Crippen LogP contribution in [0, 0.1) is 0 Å². The predicted octanol–water partition coefficient (Wildman–Crippen LogP) is 3.84. The van der Waals surface area contributed by atoms with Crippen LogP contribution in [0.1, 0.15) is 18.4 Å². The maximum atomic E-state index is 5.79. The Labute approximate surface area is 143 Å². The van der Waals surface area contributed by atoms with Crippen molar-refractivity contribution >= 4 is 0 Å². The van der Waals surface area contributed by atoms with Crippen LogP contribution in [0.4, 0.5) is 0 Å². The fourth-order valence-corrected chi connectivity index (χ4v) is 2.59. The fourth-order valence-electron chi connectivity index (χ4n) is 2.59. The van der Waals surface area contributed by atoms with Gasteiger partial charge in [0.25, 0.3) is 0 Å². The maximum Gasteiger partial charge on any atom is 0.120 e. The monoisotopic (exact) mass is 328 g/mol. The van der Waals surface area contributed by atoms with Gasteiger partial charge in [-0.1, -0.05) is 30.3 Å². The van der Waals surface area contributed by atoms with Crippen molar-refractivity contribution in [1.29, 1.82) is 0 Å². The molecule has 1 aliphatic rings. The van der Waals surface area contributed by atoms with Crippen LogP contribution in [0.15, 0.2) is 54.6 Å². The van der Waals surface area contributed by atoms with Crippen molar-refractivity contribution in [3.63, 3.8) is 0 Å². The van der Waals surface area contributed by atoms with Crippen LogP contribution < -0.4 is 9.47 Å². The molecule has 0 aliphatic carbocycles. The van der Waals surface area contributed by atoms with Gasteiger partial charge in [-0.2, -0.15) is 0 Å². The van der Waals surface area contributed by atoms with Gasteiger partial charge in [0.2, 0.25) is 0 Å². The zero-order chi connectivity index (χ0) is 16.5. The van der Waals surface area contributed by atoms with Crippen molar-refractivity contribution in [1.82, 2.24) is 0 Å². The first-order chi connectivity index (χ1) is 11.9. The van der Waals surface area contributed by atoms with Gasteiger partial charge in [-0.3, -0.25) is 0 Å². The van der Waals surface area contributed by atoms with E-state index in [0.29, 0.717) is 25.9 Å². The first kappa shape index (κ1) is 16.8. The molecule has 0 amide bonds. The summed E-state index contributed by atoms with van der Waals surface area (Å²) in [6.07, 6.45) is 2.28. The fraction of sp³-hybridized carbons (Fsp3) is 0.400. The minimum Gasteiger partial charge on any atom is -0.491 e. The molecule has 0 aromatic heterocycles. The summed E-state index contributed by atoms with van der Waals surface area (Å²) in [5, 5.41) is 0. The van der Waals surface area contributed by atoms with Gasteiger partial charge in [-0.15, -0.1) is 0 Å². The number of hydrogen-bond donors (Lipinski definition) is 0. The van der Waals surface area contributed by atoms with E-state index in [0.717, 1.165) is 43.1 Å². The molecule has 1 heterocycles. The van der Waals surface area contributed by atoms with Gasteiger partial charge in [-0.05, 0) is 42.7 Å². The third-order valence-corrected chi connectivity index (χ3v) is 3.95. The van der Waals surface area contributed by atoms with Crippen molar-refractivity contribution in [2.45, 2.75) is 25.6 Å². The quantitative estimate of drug-likeness (QED) is 0.690. The molecule has 0 N–H and O–H groups in total. The molecule has 4 nitrogen and oxygen atoms in total. The zero-order valence-electron chi connectivity index (χ0n) is 13.9. The lowest BCUT2D eigenvalue weighted by Gasteiger charge is -2.22. The molecular formula is C20H24O4. The van der Waals surface area contributed by atoms with Crippen LogP contribution in [-0.4, -0.2) is 32.5 Å². The lowest BCUT2D eigenvalue weighted by molar-refractivity contribution is -0.0388. The smallest absolute Gasteiger partial charge is 0.120 e. The number of benzene rings is 2. The van der Waals surface area contributed by atoms with Gasteiger partial charge in [0, 0.05) is 13.2 Å². The van der Waals surface area contributed by atoms with Crippen LogP contribution in [0.25, 0.3) is 0 Å². The van der Waals surface area contributed by atoms with Gasteiger partial charge in [0.05, 0.1) is 12.7 Å². The van der Waals surface area contributed by atoms with E-state index >= 15 is 0 Å². The minimum atomic E-state index is 0.316. The van der Waals surface area contributed by atoms with E-state index in [9.17, 15) is 0 Å². The Morgan fingerprint density at radius 1 is 0.792 bits per heavy atom. The highest BCUT2D eigenvalue weighted by Gasteiger charge is 2.13. The lowest BCUT2D eigenvalue weighted by Crippen LogP contribution is -2.25. The largest absolute Gasteiger partial charge is 0.491 e. The van der Waals surface area contributed by atoms with Crippen molar-refractivity contribution in [2.75, 3.05) is 26.4 Å². The van der Waals surface area contributed by atoms with Crippen LogP contribution in [0.2, 0.25) is 0 Å². The molecule has 4 heteroatoms. The Bertz CT molecular complexity index is 576. The van der Waals surface area contributed by atoms with E-state index in [1.165, 1.54) is 0 Å². The highest BCUT2D eigenvalue weighted by molar-refractivity contribution is 5.31. The number of hydrogen-bond acceptors (Lipinski definition) is 4. The third-order valence-electron chi connectivity index (χ3n) is 3.95. The molecule has 24 heavy (non-hydrogen) atoms. The molecular weight excluding hydrogens is 304 g/mol. The van der Waals surface area contributed by atoms with Crippen molar-refractivity contribution in [2.24, 2.45) is 0 Å². The van der Waals surface area contributed by atoms with Gasteiger partial charge in [-0.25, -0.2) is 0 Å². The van der Waals surface area contributed by atoms with E-state index in [2.05, 4.69) is 12.1 Å². The summed E-state index contributed by atoms with van der Waals surface area (Å²) >= 11 is 0. The second-order valence-corrected chi connectivity index (χ2v) is 5.78. The van der Waals surface area contributed by atoms with Crippen LogP contribution in [-0.2, 0) is 16.1 Å². The molecule has 1 saturated heterocycles. The summed E-state index contributed by atoms with van der Waals surface area (Å²) in [6, 6.07) is 17.8. The second kappa shape index (κ2) is 9.30. The summed E-state index contributed by atoms with van der Waals surface area (Å²) < 4.78 is 22.6. The van der Waals surface area contributed by atoms with Gasteiger partial charge in [0.1, 0.15) is 24.7 Å². The molecule has 128 valence electrons. The molecule has 0 atom stereocenters. The van der Waals surface area contributed by atoms with E-state index in [4.69, 9.17) is 18.9 Å². The summed E-state index contributed by atoms with van der Waals surface area (Å²) in [6.45, 7) is 3.34. The average molecular weight is 328 g/mol. The van der Waals surface area contributed by atoms with E-state index in [-0.39, 0.29) is 0 Å². The molecule has 0 unspecified atom stereocenters. The summed E-state index contributed by atoms with van der Waals surface area (Å²) in [4.78, 5) is 0. The highest BCUT2D eigenvalue weighted by Crippen LogP contribution is 2.19. The molecule has 1 fully saturated rings. The zero-order valence-corrected chi connectivity index (χ0v) is 13.9. The van der Waals surface area contributed by atoms with Gasteiger partial charge < -0.3 is 18.9 Å². The van der Waals surface area contributed by atoms with Crippen molar-refractivity contribution in [3.8, 4) is 11.5 Å². The molecule has 1 aliphatic heterocycles. The maximum absolute atomic E-state index is 5.79. The first-order valence-electron chi connectivity index (χ1n) is 8.49. The standard InChI is InChI=1S/C20H24O4/c1-2-4-17(5-3-1)16-24-19-8-6-18(7-9-19)22-14-15-23-20-10-12-21-13-11-20/h1-9,20H,10-16H2. The molecule has 2 aromatic rings. The van der Waals surface area contributed by atoms with E-state index in [1.807, 2.05) is 42.5 Å². The third kappa shape index (κ3) is 5.55. The van der Waals surface area contributed by atoms with Crippen LogP contribution in [0.5, 0.6) is 11.5 Å². The summed E-state index contributed by atoms with van der Waals surface area (Å²) in [5.74, 6) is 1.67. The number of rotatable bonds is 8. The molecule has 0 bridgehead atoms. The second-order valence-electron chi connectivity index (χ2n) is 5.78. The SMILES string of the molecule is c1ccc(COc2ccc(OCCOC3CCOCC3)cc2)cc1. The molecule has 3 rings (SSSR count). The van der Waals surface area contributed by atoms with Crippen molar-refractivity contribution < 1.29 is 18.9 Å². The van der Waals surface area contributed by atoms with Crippen LogP contribution >= 0.6 is 0 Å². The Morgan fingerprint density at radius 3 is 2.17 bits per heavy atom. The minimum absolute atomic E-state index is 0.316. The Hall–Kier alpha value is -2.04. The van der Waals surface area contributed by atoms with Gasteiger partial charge in [0.15, 0.2) is 0 Å². The lowest BCUT2D eigenvalue weighted by atomic mass is 10.2. The van der Waals surface area contributed by atoms with Gasteiger partial charge >= 0.3 is 0 Å². The molecule has 0 spiro atoms. The Kier molecular flexibility index (Phi) is 6.51. The Balaban J connectivity index is 1.35. The molecule has 0 radical (unpaired) electrons. The van der Waals surface area contributed by atoms with E-state index < -0.39 is 0 Å². The average Bonchev–Trinajstić information content (AvgIpc) is 2.66. The Morgan fingerprint density at radius 2 is 1.46 bits per heavy atom. The highest BCUT2D eigenvalue weighted by atomic mass is 16.5. The first-order valence-corrected chi connectivity index (χ1v) is 8.49. The van der Waals surface area contributed by atoms with Crippen LogP contribution in [0.3, 0.4) is 0 Å². The van der Waals surface area contributed by atoms with E-state index in [1.54, 1.807) is 0 Å².